The van der Waals surface area contributed by atoms with Gasteiger partial charge in [0.25, 0.3) is 11.8 Å². The average Bonchev–Trinajstić information content (AvgIpc) is 2.86. The van der Waals surface area contributed by atoms with Crippen LogP contribution < -0.4 is 0 Å². The molecular weight excluding hydrogens is 358 g/mol. The van der Waals surface area contributed by atoms with Gasteiger partial charge in [0.2, 0.25) is 6.17 Å². The Bertz CT molecular complexity index is 857. The first-order valence-electron chi connectivity index (χ1n) is 7.21. The van der Waals surface area contributed by atoms with E-state index in [1.165, 1.54) is 24.3 Å². The molecule has 0 saturated heterocycles. The molecule has 134 valence electrons. The Hall–Kier alpha value is -3.23. The zero-order chi connectivity index (χ0) is 19.1. The zero-order valence-corrected chi connectivity index (χ0v) is 12.8. The van der Waals surface area contributed by atoms with Gasteiger partial charge in [0.15, 0.2) is 0 Å². The van der Waals surface area contributed by atoms with Gasteiger partial charge in [-0.2, -0.15) is 13.2 Å². The number of hydrogen-bond donors (Lipinski definition) is 0. The first-order chi connectivity index (χ1) is 12.2. The van der Waals surface area contributed by atoms with Gasteiger partial charge in [-0.25, -0.2) is 9.18 Å². The Morgan fingerprint density at radius 3 is 1.88 bits per heavy atom. The van der Waals surface area contributed by atoms with Crippen molar-refractivity contribution in [2.45, 2.75) is 12.3 Å². The summed E-state index contributed by atoms with van der Waals surface area (Å²) in [7, 11) is 0. The maximum Gasteiger partial charge on any atom is 0.423 e. The maximum atomic E-state index is 13.2. The monoisotopic (exact) mass is 367 g/mol. The minimum absolute atomic E-state index is 0.0612. The number of benzene rings is 2. The molecule has 1 unspecified atom stereocenters. The van der Waals surface area contributed by atoms with Gasteiger partial charge < -0.3 is 4.84 Å². The molecule has 0 aliphatic carbocycles. The Morgan fingerprint density at radius 2 is 1.42 bits per heavy atom. The van der Waals surface area contributed by atoms with Gasteiger partial charge in [0.1, 0.15) is 0 Å². The van der Waals surface area contributed by atoms with Gasteiger partial charge in [-0.15, -0.1) is 0 Å². The van der Waals surface area contributed by atoms with Gasteiger partial charge in [0.05, 0.1) is 16.7 Å². The molecule has 2 amide bonds. The maximum absolute atomic E-state index is 13.2. The van der Waals surface area contributed by atoms with Gasteiger partial charge in [0, 0.05) is 0 Å². The summed E-state index contributed by atoms with van der Waals surface area (Å²) in [5.41, 5.74) is -0.813. The van der Waals surface area contributed by atoms with E-state index in [2.05, 4.69) is 0 Å². The highest BCUT2D eigenvalue weighted by molar-refractivity contribution is 6.21. The number of alkyl halides is 4. The third kappa shape index (κ3) is 3.03. The number of carbonyl (C=O) groups excluding carboxylic acids is 3. The summed E-state index contributed by atoms with van der Waals surface area (Å²) in [5.74, 6) is -2.82. The molecule has 1 atom stereocenters. The van der Waals surface area contributed by atoms with Crippen LogP contribution in [0.5, 0.6) is 0 Å². The highest BCUT2D eigenvalue weighted by Gasteiger charge is 2.41. The lowest BCUT2D eigenvalue weighted by Gasteiger charge is -2.14. The summed E-state index contributed by atoms with van der Waals surface area (Å²) in [5, 5.41) is 0.272. The molecule has 0 saturated carbocycles. The fourth-order valence-electron chi connectivity index (χ4n) is 2.36. The topological polar surface area (TPSA) is 63.7 Å². The van der Waals surface area contributed by atoms with Gasteiger partial charge in [-0.1, -0.05) is 29.3 Å². The van der Waals surface area contributed by atoms with E-state index in [4.69, 9.17) is 4.84 Å². The number of hydroxylamine groups is 2. The van der Waals surface area contributed by atoms with E-state index in [9.17, 15) is 31.9 Å². The van der Waals surface area contributed by atoms with Crippen LogP contribution in [0.2, 0.25) is 0 Å². The number of imide groups is 1. The Labute approximate surface area is 143 Å². The van der Waals surface area contributed by atoms with Crippen molar-refractivity contribution in [3.05, 3.63) is 70.8 Å². The largest absolute Gasteiger partial charge is 0.423 e. The highest BCUT2D eigenvalue weighted by atomic mass is 19.4. The second-order valence-corrected chi connectivity index (χ2v) is 5.36. The second kappa shape index (κ2) is 6.25. The Balaban J connectivity index is 1.75. The molecule has 26 heavy (non-hydrogen) atoms. The second-order valence-electron chi connectivity index (χ2n) is 5.36. The lowest BCUT2D eigenvalue weighted by Crippen LogP contribution is -2.32. The fraction of sp³-hybridized carbons (Fsp3) is 0.118. The molecule has 0 bridgehead atoms. The molecule has 0 aromatic heterocycles. The van der Waals surface area contributed by atoms with Crippen molar-refractivity contribution in [1.82, 2.24) is 5.06 Å². The van der Waals surface area contributed by atoms with Crippen LogP contribution in [-0.4, -0.2) is 29.0 Å². The van der Waals surface area contributed by atoms with E-state index in [1.54, 1.807) is 0 Å². The van der Waals surface area contributed by atoms with Crippen LogP contribution >= 0.6 is 0 Å². The lowest BCUT2D eigenvalue weighted by atomic mass is 10.1. The number of rotatable bonds is 3. The number of amides is 2. The fourth-order valence-corrected chi connectivity index (χ4v) is 2.36. The molecule has 3 rings (SSSR count). The summed E-state index contributed by atoms with van der Waals surface area (Å²) in [6, 6.07) is 9.20. The molecule has 0 radical (unpaired) electrons. The lowest BCUT2D eigenvalue weighted by molar-refractivity contribution is -0.182. The molecule has 0 fully saturated rings. The smallest absolute Gasteiger partial charge is 0.324 e. The van der Waals surface area contributed by atoms with Crippen LogP contribution in [0.25, 0.3) is 0 Å². The standard InChI is InChI=1S/C17H9F4NO4/c18-13(17(19,20)21)9-5-7-10(8-6-9)16(25)26-22-14(23)11-3-1-2-4-12(11)15(22)24/h1-8,13H. The number of hydrogen-bond acceptors (Lipinski definition) is 4. The normalized spacial score (nSPS) is 15.0. The van der Waals surface area contributed by atoms with E-state index < -0.39 is 35.7 Å². The summed E-state index contributed by atoms with van der Waals surface area (Å²) in [6.45, 7) is 0. The van der Waals surface area contributed by atoms with E-state index in [0.717, 1.165) is 24.3 Å². The third-order valence-corrected chi connectivity index (χ3v) is 3.66. The first kappa shape index (κ1) is 17.6. The third-order valence-electron chi connectivity index (χ3n) is 3.66. The zero-order valence-electron chi connectivity index (χ0n) is 12.8. The van der Waals surface area contributed by atoms with E-state index in [-0.39, 0.29) is 21.8 Å². The molecule has 2 aromatic rings. The molecule has 0 N–H and O–H groups in total. The molecule has 5 nitrogen and oxygen atoms in total. The van der Waals surface area contributed by atoms with Crippen molar-refractivity contribution in [2.24, 2.45) is 0 Å². The average molecular weight is 367 g/mol. The van der Waals surface area contributed by atoms with Gasteiger partial charge in [-0.3, -0.25) is 9.59 Å². The van der Waals surface area contributed by atoms with Crippen LogP contribution in [0.3, 0.4) is 0 Å². The van der Waals surface area contributed by atoms with Crippen LogP contribution in [0.1, 0.15) is 42.8 Å². The van der Waals surface area contributed by atoms with Crippen molar-refractivity contribution >= 4 is 17.8 Å². The van der Waals surface area contributed by atoms with Crippen molar-refractivity contribution in [2.75, 3.05) is 0 Å². The Morgan fingerprint density at radius 1 is 0.923 bits per heavy atom. The molecular formula is C17H9F4NO4. The molecule has 1 heterocycles. The first-order valence-corrected chi connectivity index (χ1v) is 7.21. The summed E-state index contributed by atoms with van der Waals surface area (Å²) in [4.78, 5) is 41.0. The van der Waals surface area contributed by atoms with E-state index in [1.807, 2.05) is 0 Å². The molecule has 1 aliphatic heterocycles. The predicted octanol–water partition coefficient (Wildman–Crippen LogP) is 3.63. The van der Waals surface area contributed by atoms with E-state index in [0.29, 0.717) is 0 Å². The van der Waals surface area contributed by atoms with Crippen molar-refractivity contribution in [1.29, 1.82) is 0 Å². The number of fused-ring (bicyclic) bond motifs is 1. The van der Waals surface area contributed by atoms with Gasteiger partial charge >= 0.3 is 12.1 Å². The number of nitrogens with zero attached hydrogens (tertiary/aromatic N) is 1. The molecule has 1 aliphatic rings. The quantitative estimate of drug-likeness (QED) is 0.614. The van der Waals surface area contributed by atoms with Crippen LogP contribution in [0.15, 0.2) is 48.5 Å². The number of carbonyl (C=O) groups is 3. The minimum atomic E-state index is -5.07. The van der Waals surface area contributed by atoms with Crippen molar-refractivity contribution in [3.63, 3.8) is 0 Å². The van der Waals surface area contributed by atoms with E-state index >= 15 is 0 Å². The molecule has 9 heteroatoms. The Kier molecular flexibility index (Phi) is 4.23. The summed E-state index contributed by atoms with van der Waals surface area (Å²) in [6.07, 6.45) is -8.26. The van der Waals surface area contributed by atoms with Crippen LogP contribution in [0.4, 0.5) is 17.6 Å². The highest BCUT2D eigenvalue weighted by Crippen LogP contribution is 2.35. The number of halogens is 4. The van der Waals surface area contributed by atoms with Crippen LogP contribution in [-0.2, 0) is 4.84 Å². The predicted molar refractivity (Wildman–Crippen MR) is 78.7 cm³/mol. The van der Waals surface area contributed by atoms with Crippen molar-refractivity contribution in [3.8, 4) is 0 Å². The minimum Gasteiger partial charge on any atom is -0.324 e. The van der Waals surface area contributed by atoms with Gasteiger partial charge in [-0.05, 0) is 29.8 Å². The summed E-state index contributed by atoms with van der Waals surface area (Å²) < 4.78 is 50.2. The molecule has 0 spiro atoms. The van der Waals surface area contributed by atoms with Crippen molar-refractivity contribution < 1.29 is 36.8 Å². The van der Waals surface area contributed by atoms with Crippen LogP contribution in [0, 0.1) is 0 Å². The summed E-state index contributed by atoms with van der Waals surface area (Å²) >= 11 is 0. The SMILES string of the molecule is O=C(ON1C(=O)c2ccccc2C1=O)c1ccc(C(F)C(F)(F)F)cc1. The molecule has 2 aromatic carbocycles.